The number of fused-ring (bicyclic) bond motifs is 1. The molecule has 0 radical (unpaired) electrons. The van der Waals surface area contributed by atoms with Gasteiger partial charge in [-0.3, -0.25) is 0 Å². The number of allylic oxidation sites excluding steroid dienone is 1. The zero-order valence-electron chi connectivity index (χ0n) is 9.15. The summed E-state index contributed by atoms with van der Waals surface area (Å²) in [4.78, 5) is 0. The van der Waals surface area contributed by atoms with E-state index in [2.05, 4.69) is 50.9 Å². The van der Waals surface area contributed by atoms with Gasteiger partial charge in [-0.05, 0) is 22.6 Å². The zero-order chi connectivity index (χ0) is 10.3. The van der Waals surface area contributed by atoms with Crippen molar-refractivity contribution in [3.8, 4) is 0 Å². The van der Waals surface area contributed by atoms with E-state index in [0.717, 1.165) is 12.1 Å². The Balaban J connectivity index is 2.43. The average Bonchev–Trinajstić information content (AvgIpc) is 2.41. The first-order valence-corrected chi connectivity index (χ1v) is 5.05. The van der Waals surface area contributed by atoms with Crippen molar-refractivity contribution in [3.05, 3.63) is 41.6 Å². The third kappa shape index (κ3) is 1.54. The Morgan fingerprint density at radius 3 is 2.64 bits per heavy atom. The lowest BCUT2D eigenvalue weighted by Gasteiger charge is -2.19. The molecular formula is C13H17N. The summed E-state index contributed by atoms with van der Waals surface area (Å²) in [5, 5.41) is 3.28. The second-order valence-electron chi connectivity index (χ2n) is 5.03. The maximum absolute atomic E-state index is 3.95. The highest BCUT2D eigenvalue weighted by atomic mass is 14.9. The normalized spacial score (nSPS) is 15.2. The van der Waals surface area contributed by atoms with E-state index in [1.807, 2.05) is 0 Å². The minimum atomic E-state index is 0.235. The smallest absolute Gasteiger partial charge is 0.0418 e. The van der Waals surface area contributed by atoms with Crippen molar-refractivity contribution in [2.24, 2.45) is 0 Å². The lowest BCUT2D eigenvalue weighted by atomic mass is 9.86. The van der Waals surface area contributed by atoms with E-state index in [-0.39, 0.29) is 5.41 Å². The van der Waals surface area contributed by atoms with Crippen molar-refractivity contribution in [1.82, 2.24) is 0 Å². The lowest BCUT2D eigenvalue weighted by Crippen LogP contribution is -2.10. The highest BCUT2D eigenvalue weighted by Crippen LogP contribution is 2.31. The largest absolute Gasteiger partial charge is 0.359 e. The number of rotatable bonds is 0. The van der Waals surface area contributed by atoms with E-state index >= 15 is 0 Å². The van der Waals surface area contributed by atoms with Gasteiger partial charge in [-0.15, -0.1) is 0 Å². The molecule has 74 valence electrons. The highest BCUT2D eigenvalue weighted by molar-refractivity contribution is 5.62. The van der Waals surface area contributed by atoms with Crippen LogP contribution in [0.2, 0.25) is 0 Å². The SMILES string of the molecule is C=C1Cc2cc(C(C)(C)C)ccc2N1. The molecule has 1 aliphatic rings. The second-order valence-corrected chi connectivity index (χ2v) is 5.03. The first kappa shape index (κ1) is 9.32. The predicted octanol–water partition coefficient (Wildman–Crippen LogP) is 3.47. The van der Waals surface area contributed by atoms with Crippen LogP contribution < -0.4 is 5.32 Å². The van der Waals surface area contributed by atoms with Crippen molar-refractivity contribution in [3.63, 3.8) is 0 Å². The molecule has 0 fully saturated rings. The standard InChI is InChI=1S/C13H17N/c1-9-7-10-8-11(13(2,3)4)5-6-12(10)14-9/h5-6,8,14H,1,7H2,2-4H3. The zero-order valence-corrected chi connectivity index (χ0v) is 9.15. The molecule has 1 N–H and O–H groups in total. The summed E-state index contributed by atoms with van der Waals surface area (Å²) < 4.78 is 0. The fourth-order valence-corrected chi connectivity index (χ4v) is 1.79. The minimum absolute atomic E-state index is 0.235. The third-order valence-corrected chi connectivity index (χ3v) is 2.69. The van der Waals surface area contributed by atoms with Crippen molar-refractivity contribution in [1.29, 1.82) is 0 Å². The number of hydrogen-bond acceptors (Lipinski definition) is 1. The summed E-state index contributed by atoms with van der Waals surface area (Å²) in [7, 11) is 0. The Hall–Kier alpha value is -1.24. The third-order valence-electron chi connectivity index (χ3n) is 2.69. The van der Waals surface area contributed by atoms with Gasteiger partial charge in [-0.25, -0.2) is 0 Å². The summed E-state index contributed by atoms with van der Waals surface area (Å²) >= 11 is 0. The fourth-order valence-electron chi connectivity index (χ4n) is 1.79. The molecule has 0 amide bonds. The molecule has 0 aliphatic carbocycles. The van der Waals surface area contributed by atoms with E-state index in [4.69, 9.17) is 0 Å². The average molecular weight is 187 g/mol. The molecule has 0 unspecified atom stereocenters. The lowest BCUT2D eigenvalue weighted by molar-refractivity contribution is 0.590. The minimum Gasteiger partial charge on any atom is -0.359 e. The molecule has 0 saturated heterocycles. The predicted molar refractivity (Wildman–Crippen MR) is 61.6 cm³/mol. The van der Waals surface area contributed by atoms with Crippen molar-refractivity contribution in [2.45, 2.75) is 32.6 Å². The molecule has 14 heavy (non-hydrogen) atoms. The van der Waals surface area contributed by atoms with Gasteiger partial charge in [0.2, 0.25) is 0 Å². The van der Waals surface area contributed by atoms with Gasteiger partial charge in [-0.1, -0.05) is 39.5 Å². The van der Waals surface area contributed by atoms with Crippen LogP contribution in [-0.2, 0) is 11.8 Å². The number of anilines is 1. The first-order valence-electron chi connectivity index (χ1n) is 5.05. The topological polar surface area (TPSA) is 12.0 Å². The molecule has 1 aromatic rings. The fraction of sp³-hybridized carbons (Fsp3) is 0.385. The van der Waals surface area contributed by atoms with Crippen LogP contribution in [0.5, 0.6) is 0 Å². The maximum atomic E-state index is 3.95. The molecule has 2 rings (SSSR count). The van der Waals surface area contributed by atoms with Crippen LogP contribution in [0.15, 0.2) is 30.5 Å². The molecule has 0 atom stereocenters. The van der Waals surface area contributed by atoms with Gasteiger partial charge in [0.25, 0.3) is 0 Å². The van der Waals surface area contributed by atoms with Crippen LogP contribution >= 0.6 is 0 Å². The first-order chi connectivity index (χ1) is 6.47. The Morgan fingerprint density at radius 2 is 2.00 bits per heavy atom. The van der Waals surface area contributed by atoms with Gasteiger partial charge in [-0.2, -0.15) is 0 Å². The molecule has 1 nitrogen and oxygen atoms in total. The Kier molecular flexibility index (Phi) is 1.91. The number of nitrogens with one attached hydrogen (secondary N) is 1. The maximum Gasteiger partial charge on any atom is 0.0418 e. The van der Waals surface area contributed by atoms with Crippen molar-refractivity contribution in [2.75, 3.05) is 5.32 Å². The molecule has 0 bridgehead atoms. The van der Waals surface area contributed by atoms with Crippen LogP contribution in [-0.4, -0.2) is 0 Å². The van der Waals surface area contributed by atoms with Crippen LogP contribution in [0.1, 0.15) is 31.9 Å². The highest BCUT2D eigenvalue weighted by Gasteiger charge is 2.18. The summed E-state index contributed by atoms with van der Waals surface area (Å²) in [6.45, 7) is 10.7. The van der Waals surface area contributed by atoms with Crippen LogP contribution in [0, 0.1) is 0 Å². The van der Waals surface area contributed by atoms with Gasteiger partial charge in [0.15, 0.2) is 0 Å². The van der Waals surface area contributed by atoms with Gasteiger partial charge in [0.05, 0.1) is 0 Å². The monoisotopic (exact) mass is 187 g/mol. The quantitative estimate of drug-likeness (QED) is 0.655. The van der Waals surface area contributed by atoms with E-state index < -0.39 is 0 Å². The Labute approximate surface area is 85.8 Å². The van der Waals surface area contributed by atoms with Crippen molar-refractivity contribution < 1.29 is 0 Å². The summed E-state index contributed by atoms with van der Waals surface area (Å²) in [5.41, 5.74) is 5.34. The van der Waals surface area contributed by atoms with E-state index in [0.29, 0.717) is 0 Å². The van der Waals surface area contributed by atoms with Gasteiger partial charge in [0.1, 0.15) is 0 Å². The molecule has 1 aliphatic heterocycles. The molecule has 0 spiro atoms. The van der Waals surface area contributed by atoms with Crippen LogP contribution in [0.3, 0.4) is 0 Å². The summed E-state index contributed by atoms with van der Waals surface area (Å²) in [6, 6.07) is 6.65. The molecule has 1 heterocycles. The van der Waals surface area contributed by atoms with Gasteiger partial charge in [0, 0.05) is 17.8 Å². The van der Waals surface area contributed by atoms with E-state index in [1.54, 1.807) is 0 Å². The summed E-state index contributed by atoms with van der Waals surface area (Å²) in [6.07, 6.45) is 0.971. The molecule has 0 saturated carbocycles. The second kappa shape index (κ2) is 2.88. The molecule has 1 aromatic carbocycles. The van der Waals surface area contributed by atoms with Gasteiger partial charge >= 0.3 is 0 Å². The number of hydrogen-bond donors (Lipinski definition) is 1. The van der Waals surface area contributed by atoms with E-state index in [1.165, 1.54) is 16.8 Å². The summed E-state index contributed by atoms with van der Waals surface area (Å²) in [5.74, 6) is 0. The van der Waals surface area contributed by atoms with Crippen molar-refractivity contribution >= 4 is 5.69 Å². The van der Waals surface area contributed by atoms with Crippen LogP contribution in [0.25, 0.3) is 0 Å². The van der Waals surface area contributed by atoms with Gasteiger partial charge < -0.3 is 5.32 Å². The molecular weight excluding hydrogens is 170 g/mol. The van der Waals surface area contributed by atoms with Crippen LogP contribution in [0.4, 0.5) is 5.69 Å². The van der Waals surface area contributed by atoms with E-state index in [9.17, 15) is 0 Å². The molecule has 1 heteroatoms. The molecule has 0 aromatic heterocycles. The Bertz CT molecular complexity index is 383. The Morgan fingerprint density at radius 1 is 1.29 bits per heavy atom. The number of benzene rings is 1.